The highest BCUT2D eigenvalue weighted by molar-refractivity contribution is 5.69. The molecule has 0 bridgehead atoms. The summed E-state index contributed by atoms with van der Waals surface area (Å²) < 4.78 is 12.8. The molecule has 8 nitrogen and oxygen atoms in total. The van der Waals surface area contributed by atoms with Crippen molar-refractivity contribution in [2.75, 3.05) is 14.2 Å². The Labute approximate surface area is 156 Å². The molecule has 0 saturated heterocycles. The lowest BCUT2D eigenvalue weighted by atomic mass is 10.1. The van der Waals surface area contributed by atoms with Crippen molar-refractivity contribution in [1.82, 2.24) is 29.8 Å². The molecule has 2 aromatic carbocycles. The Balaban J connectivity index is 1.74. The molecule has 0 aliphatic rings. The average molecular weight is 362 g/mol. The van der Waals surface area contributed by atoms with E-state index in [0.29, 0.717) is 5.82 Å². The van der Waals surface area contributed by atoms with Gasteiger partial charge in [-0.3, -0.25) is 4.57 Å². The Bertz CT molecular complexity index is 1070. The van der Waals surface area contributed by atoms with E-state index < -0.39 is 0 Å². The van der Waals surface area contributed by atoms with Crippen LogP contribution in [0, 0.1) is 0 Å². The summed E-state index contributed by atoms with van der Waals surface area (Å²) in [6, 6.07) is 13.5. The standard InChI is InChI=1S/C19H18N6O2/c1-24-22-18(21-23-24)13-4-6-14(7-5-13)25-11-10-20-19(25)16-12-15(26-2)8-9-17(16)27-3/h4-12H,1-3H3. The maximum atomic E-state index is 5.50. The van der Waals surface area contributed by atoms with E-state index in [2.05, 4.69) is 20.4 Å². The summed E-state index contributed by atoms with van der Waals surface area (Å²) in [7, 11) is 5.02. The van der Waals surface area contributed by atoms with Crippen LogP contribution in [-0.4, -0.2) is 44.0 Å². The molecule has 0 amide bonds. The fourth-order valence-corrected chi connectivity index (χ4v) is 2.87. The van der Waals surface area contributed by atoms with Gasteiger partial charge in [-0.2, -0.15) is 4.80 Å². The van der Waals surface area contributed by atoms with E-state index in [0.717, 1.165) is 34.1 Å². The molecular formula is C19H18N6O2. The Kier molecular flexibility index (Phi) is 4.29. The third-order valence-corrected chi connectivity index (χ3v) is 4.20. The molecule has 0 aliphatic carbocycles. The van der Waals surface area contributed by atoms with Crippen LogP contribution in [0.5, 0.6) is 11.5 Å². The molecule has 0 N–H and O–H groups in total. The number of rotatable bonds is 5. The molecule has 0 aliphatic heterocycles. The number of hydrogen-bond acceptors (Lipinski definition) is 6. The Morgan fingerprint density at radius 3 is 2.44 bits per heavy atom. The number of aromatic nitrogens is 6. The third kappa shape index (κ3) is 3.12. The number of aryl methyl sites for hydroxylation is 1. The van der Waals surface area contributed by atoms with Gasteiger partial charge in [0.2, 0.25) is 5.82 Å². The first-order valence-corrected chi connectivity index (χ1v) is 8.30. The van der Waals surface area contributed by atoms with Gasteiger partial charge in [0, 0.05) is 23.6 Å². The van der Waals surface area contributed by atoms with Gasteiger partial charge in [-0.25, -0.2) is 4.98 Å². The Morgan fingerprint density at radius 2 is 1.78 bits per heavy atom. The zero-order chi connectivity index (χ0) is 18.8. The van der Waals surface area contributed by atoms with Crippen LogP contribution in [0.15, 0.2) is 54.9 Å². The molecule has 0 atom stereocenters. The Hall–Kier alpha value is -3.68. The third-order valence-electron chi connectivity index (χ3n) is 4.20. The zero-order valence-electron chi connectivity index (χ0n) is 15.2. The SMILES string of the molecule is COc1ccc(OC)c(-c2nccn2-c2ccc(-c3nnn(C)n3)cc2)c1. The monoisotopic (exact) mass is 362 g/mol. The second-order valence-electron chi connectivity index (χ2n) is 5.84. The van der Waals surface area contributed by atoms with E-state index in [1.165, 1.54) is 4.80 Å². The van der Waals surface area contributed by atoms with Gasteiger partial charge in [-0.1, -0.05) is 0 Å². The van der Waals surface area contributed by atoms with Crippen LogP contribution in [0.3, 0.4) is 0 Å². The highest BCUT2D eigenvalue weighted by atomic mass is 16.5. The van der Waals surface area contributed by atoms with Crippen molar-refractivity contribution in [3.05, 3.63) is 54.9 Å². The Morgan fingerprint density at radius 1 is 0.963 bits per heavy atom. The van der Waals surface area contributed by atoms with E-state index in [9.17, 15) is 0 Å². The van der Waals surface area contributed by atoms with Gasteiger partial charge < -0.3 is 9.47 Å². The lowest BCUT2D eigenvalue weighted by molar-refractivity contribution is 0.404. The van der Waals surface area contributed by atoms with Crippen LogP contribution in [-0.2, 0) is 7.05 Å². The molecule has 4 aromatic rings. The second kappa shape index (κ2) is 6.91. The van der Waals surface area contributed by atoms with E-state index in [1.807, 2.05) is 53.2 Å². The maximum absolute atomic E-state index is 5.50. The fourth-order valence-electron chi connectivity index (χ4n) is 2.87. The molecule has 0 radical (unpaired) electrons. The summed E-state index contributed by atoms with van der Waals surface area (Å²) in [5, 5.41) is 12.1. The predicted molar refractivity (Wildman–Crippen MR) is 99.9 cm³/mol. The van der Waals surface area contributed by atoms with Crippen LogP contribution in [0.4, 0.5) is 0 Å². The maximum Gasteiger partial charge on any atom is 0.204 e. The van der Waals surface area contributed by atoms with Crippen molar-refractivity contribution < 1.29 is 9.47 Å². The normalized spacial score (nSPS) is 10.8. The number of tetrazole rings is 1. The molecular weight excluding hydrogens is 344 g/mol. The lowest BCUT2D eigenvalue weighted by Crippen LogP contribution is -1.99. The topological polar surface area (TPSA) is 79.9 Å². The van der Waals surface area contributed by atoms with Crippen LogP contribution in [0.25, 0.3) is 28.5 Å². The molecule has 27 heavy (non-hydrogen) atoms. The van der Waals surface area contributed by atoms with Crippen LogP contribution in [0.1, 0.15) is 0 Å². The first-order valence-electron chi connectivity index (χ1n) is 8.30. The minimum atomic E-state index is 0.587. The highest BCUT2D eigenvalue weighted by Crippen LogP contribution is 2.33. The van der Waals surface area contributed by atoms with Gasteiger partial charge >= 0.3 is 0 Å². The van der Waals surface area contributed by atoms with Crippen molar-refractivity contribution in [2.24, 2.45) is 7.05 Å². The van der Waals surface area contributed by atoms with Gasteiger partial charge in [0.1, 0.15) is 17.3 Å². The highest BCUT2D eigenvalue weighted by Gasteiger charge is 2.14. The van der Waals surface area contributed by atoms with Gasteiger partial charge in [0.15, 0.2) is 0 Å². The largest absolute Gasteiger partial charge is 0.497 e. The number of methoxy groups -OCH3 is 2. The van der Waals surface area contributed by atoms with E-state index in [-0.39, 0.29) is 0 Å². The fraction of sp³-hybridized carbons (Fsp3) is 0.158. The summed E-state index contributed by atoms with van der Waals surface area (Å²) in [6.07, 6.45) is 3.66. The molecule has 4 rings (SSSR count). The summed E-state index contributed by atoms with van der Waals surface area (Å²) in [6.45, 7) is 0. The van der Waals surface area contributed by atoms with Gasteiger partial charge in [-0.05, 0) is 47.7 Å². The van der Waals surface area contributed by atoms with Crippen molar-refractivity contribution in [3.8, 4) is 40.0 Å². The average Bonchev–Trinajstić information content (AvgIpc) is 3.36. The summed E-state index contributed by atoms with van der Waals surface area (Å²) in [4.78, 5) is 5.96. The number of nitrogens with zero attached hydrogens (tertiary/aromatic N) is 6. The predicted octanol–water partition coefficient (Wildman–Crippen LogP) is 2.75. The first kappa shape index (κ1) is 16.8. The number of benzene rings is 2. The quantitative estimate of drug-likeness (QED) is 0.543. The van der Waals surface area contributed by atoms with Gasteiger partial charge in [0.25, 0.3) is 0 Å². The molecule has 0 unspecified atom stereocenters. The minimum Gasteiger partial charge on any atom is -0.497 e. The lowest BCUT2D eigenvalue weighted by Gasteiger charge is -2.13. The summed E-state index contributed by atoms with van der Waals surface area (Å²) >= 11 is 0. The van der Waals surface area contributed by atoms with Crippen molar-refractivity contribution in [1.29, 1.82) is 0 Å². The zero-order valence-corrected chi connectivity index (χ0v) is 15.2. The minimum absolute atomic E-state index is 0.587. The molecule has 0 saturated carbocycles. The van der Waals surface area contributed by atoms with E-state index in [4.69, 9.17) is 9.47 Å². The van der Waals surface area contributed by atoms with Gasteiger partial charge in [-0.15, -0.1) is 10.2 Å². The van der Waals surface area contributed by atoms with Gasteiger partial charge in [0.05, 0.1) is 26.8 Å². The first-order chi connectivity index (χ1) is 13.2. The van der Waals surface area contributed by atoms with Crippen molar-refractivity contribution >= 4 is 0 Å². The van der Waals surface area contributed by atoms with Crippen LogP contribution >= 0.6 is 0 Å². The molecule has 8 heteroatoms. The number of hydrogen-bond donors (Lipinski definition) is 0. The number of imidazole rings is 1. The molecule has 0 fully saturated rings. The van der Waals surface area contributed by atoms with Crippen LogP contribution in [0.2, 0.25) is 0 Å². The molecule has 2 aromatic heterocycles. The molecule has 136 valence electrons. The molecule has 0 spiro atoms. The smallest absolute Gasteiger partial charge is 0.204 e. The summed E-state index contributed by atoms with van der Waals surface area (Å²) in [5.74, 6) is 2.81. The second-order valence-corrected chi connectivity index (χ2v) is 5.84. The van der Waals surface area contributed by atoms with E-state index in [1.54, 1.807) is 27.5 Å². The van der Waals surface area contributed by atoms with Crippen molar-refractivity contribution in [2.45, 2.75) is 0 Å². The number of ether oxygens (including phenoxy) is 2. The molecule has 2 heterocycles. The van der Waals surface area contributed by atoms with E-state index >= 15 is 0 Å². The van der Waals surface area contributed by atoms with Crippen LogP contribution < -0.4 is 9.47 Å². The summed E-state index contributed by atoms with van der Waals surface area (Å²) in [5.41, 5.74) is 2.70. The van der Waals surface area contributed by atoms with Crippen molar-refractivity contribution in [3.63, 3.8) is 0 Å².